The third-order valence-corrected chi connectivity index (χ3v) is 4.14. The van der Waals surface area contributed by atoms with Crippen molar-refractivity contribution in [1.82, 2.24) is 10.3 Å². The van der Waals surface area contributed by atoms with Crippen LogP contribution < -0.4 is 5.32 Å². The molecule has 0 saturated heterocycles. The number of thiazole rings is 1. The van der Waals surface area contributed by atoms with E-state index in [0.29, 0.717) is 6.04 Å². The molecule has 0 aromatic carbocycles. The van der Waals surface area contributed by atoms with Gasteiger partial charge in [-0.2, -0.15) is 0 Å². The molecule has 3 heteroatoms. The van der Waals surface area contributed by atoms with Crippen LogP contribution in [-0.2, 0) is 0 Å². The Hall–Kier alpha value is -0.410. The zero-order chi connectivity index (χ0) is 11.8. The topological polar surface area (TPSA) is 24.9 Å². The average Bonchev–Trinajstić information content (AvgIpc) is 2.83. The second-order valence-corrected chi connectivity index (χ2v) is 5.32. The SMILES string of the molecule is CCCCC(CC)CC(NC)c1cncs1. The van der Waals surface area contributed by atoms with Crippen molar-refractivity contribution in [1.29, 1.82) is 0 Å². The third kappa shape index (κ3) is 4.22. The molecule has 92 valence electrons. The normalized spacial score (nSPS) is 14.9. The van der Waals surface area contributed by atoms with Crippen molar-refractivity contribution in [3.05, 3.63) is 16.6 Å². The molecule has 1 rings (SSSR count). The van der Waals surface area contributed by atoms with E-state index in [1.165, 1.54) is 37.0 Å². The number of hydrogen-bond donors (Lipinski definition) is 1. The van der Waals surface area contributed by atoms with Crippen LogP contribution in [0.4, 0.5) is 0 Å². The molecule has 0 radical (unpaired) electrons. The smallest absolute Gasteiger partial charge is 0.0794 e. The van der Waals surface area contributed by atoms with Crippen LogP contribution in [0.1, 0.15) is 56.9 Å². The predicted octanol–water partition coefficient (Wildman–Crippen LogP) is 4.01. The summed E-state index contributed by atoms with van der Waals surface area (Å²) in [5.74, 6) is 0.847. The summed E-state index contributed by atoms with van der Waals surface area (Å²) in [5.41, 5.74) is 1.92. The number of unbranched alkanes of at least 4 members (excludes halogenated alkanes) is 1. The lowest BCUT2D eigenvalue weighted by molar-refractivity contribution is 0.367. The van der Waals surface area contributed by atoms with Crippen LogP contribution in [0.5, 0.6) is 0 Å². The molecule has 1 heterocycles. The van der Waals surface area contributed by atoms with E-state index >= 15 is 0 Å². The highest BCUT2D eigenvalue weighted by Crippen LogP contribution is 2.28. The standard InChI is InChI=1S/C13H24N2S/c1-4-6-7-11(5-2)8-12(14-3)13-9-15-10-16-13/h9-12,14H,4-8H2,1-3H3. The number of nitrogens with zero attached hydrogens (tertiary/aromatic N) is 1. The largest absolute Gasteiger partial charge is 0.312 e. The molecular formula is C13H24N2S. The summed E-state index contributed by atoms with van der Waals surface area (Å²) in [7, 11) is 2.05. The van der Waals surface area contributed by atoms with E-state index in [4.69, 9.17) is 0 Å². The Morgan fingerprint density at radius 2 is 2.25 bits per heavy atom. The van der Waals surface area contributed by atoms with E-state index in [0.717, 1.165) is 5.92 Å². The molecule has 1 aromatic rings. The van der Waals surface area contributed by atoms with Crippen molar-refractivity contribution in [3.63, 3.8) is 0 Å². The van der Waals surface area contributed by atoms with E-state index < -0.39 is 0 Å². The van der Waals surface area contributed by atoms with Gasteiger partial charge in [0.1, 0.15) is 0 Å². The lowest BCUT2D eigenvalue weighted by Gasteiger charge is -2.21. The molecular weight excluding hydrogens is 216 g/mol. The fraction of sp³-hybridized carbons (Fsp3) is 0.769. The zero-order valence-electron chi connectivity index (χ0n) is 10.7. The second kappa shape index (κ2) is 7.80. The van der Waals surface area contributed by atoms with Gasteiger partial charge in [0.25, 0.3) is 0 Å². The van der Waals surface area contributed by atoms with Gasteiger partial charge in [-0.1, -0.05) is 39.5 Å². The molecule has 16 heavy (non-hydrogen) atoms. The van der Waals surface area contributed by atoms with Crippen molar-refractivity contribution in [2.45, 2.75) is 52.0 Å². The lowest BCUT2D eigenvalue weighted by Crippen LogP contribution is -2.19. The zero-order valence-corrected chi connectivity index (χ0v) is 11.5. The van der Waals surface area contributed by atoms with Gasteiger partial charge in [-0.25, -0.2) is 0 Å². The first-order valence-electron chi connectivity index (χ1n) is 6.37. The van der Waals surface area contributed by atoms with Crippen LogP contribution in [0, 0.1) is 5.92 Å². The number of aromatic nitrogens is 1. The van der Waals surface area contributed by atoms with Gasteiger partial charge in [0.05, 0.1) is 5.51 Å². The van der Waals surface area contributed by atoms with Gasteiger partial charge in [-0.15, -0.1) is 11.3 Å². The number of nitrogens with one attached hydrogen (secondary N) is 1. The molecule has 1 aromatic heterocycles. The van der Waals surface area contributed by atoms with Gasteiger partial charge >= 0.3 is 0 Å². The van der Waals surface area contributed by atoms with Gasteiger partial charge in [-0.05, 0) is 19.4 Å². The summed E-state index contributed by atoms with van der Waals surface area (Å²) in [6.07, 6.45) is 8.56. The monoisotopic (exact) mass is 240 g/mol. The molecule has 0 amide bonds. The summed E-state index contributed by atoms with van der Waals surface area (Å²) >= 11 is 1.76. The second-order valence-electron chi connectivity index (χ2n) is 4.40. The molecule has 1 N–H and O–H groups in total. The van der Waals surface area contributed by atoms with E-state index in [9.17, 15) is 0 Å². The van der Waals surface area contributed by atoms with Crippen LogP contribution in [0.2, 0.25) is 0 Å². The highest BCUT2D eigenvalue weighted by molar-refractivity contribution is 7.09. The first-order valence-corrected chi connectivity index (χ1v) is 7.25. The molecule has 0 aliphatic rings. The van der Waals surface area contributed by atoms with Gasteiger partial charge in [-0.3, -0.25) is 4.98 Å². The lowest BCUT2D eigenvalue weighted by atomic mass is 9.92. The summed E-state index contributed by atoms with van der Waals surface area (Å²) in [5, 5.41) is 3.42. The van der Waals surface area contributed by atoms with E-state index in [1.807, 2.05) is 11.7 Å². The quantitative estimate of drug-likeness (QED) is 0.742. The van der Waals surface area contributed by atoms with Crippen molar-refractivity contribution in [3.8, 4) is 0 Å². The van der Waals surface area contributed by atoms with Crippen molar-refractivity contribution >= 4 is 11.3 Å². The Labute approximate surface area is 103 Å². The maximum Gasteiger partial charge on any atom is 0.0794 e. The highest BCUT2D eigenvalue weighted by Gasteiger charge is 2.16. The molecule has 0 aliphatic heterocycles. The maximum absolute atomic E-state index is 4.16. The molecule has 2 unspecified atom stereocenters. The molecule has 2 nitrogen and oxygen atoms in total. The van der Waals surface area contributed by atoms with Gasteiger partial charge in [0.15, 0.2) is 0 Å². The Bertz CT molecular complexity index is 259. The van der Waals surface area contributed by atoms with Gasteiger partial charge in [0.2, 0.25) is 0 Å². The van der Waals surface area contributed by atoms with Crippen molar-refractivity contribution in [2.75, 3.05) is 7.05 Å². The fourth-order valence-corrected chi connectivity index (χ4v) is 2.83. The minimum absolute atomic E-state index is 0.495. The van der Waals surface area contributed by atoms with Crippen LogP contribution in [0.3, 0.4) is 0 Å². The minimum Gasteiger partial charge on any atom is -0.312 e. The fourth-order valence-electron chi connectivity index (χ4n) is 2.09. The Morgan fingerprint density at radius 1 is 1.44 bits per heavy atom. The minimum atomic E-state index is 0.495. The highest BCUT2D eigenvalue weighted by atomic mass is 32.1. The third-order valence-electron chi connectivity index (χ3n) is 3.26. The molecule has 0 fully saturated rings. The molecule has 0 aliphatic carbocycles. The Morgan fingerprint density at radius 3 is 2.75 bits per heavy atom. The van der Waals surface area contributed by atoms with E-state index in [-0.39, 0.29) is 0 Å². The van der Waals surface area contributed by atoms with Gasteiger partial charge in [0, 0.05) is 17.1 Å². The first kappa shape index (κ1) is 13.7. The summed E-state index contributed by atoms with van der Waals surface area (Å²) in [4.78, 5) is 5.54. The van der Waals surface area contributed by atoms with Crippen LogP contribution in [0.25, 0.3) is 0 Å². The van der Waals surface area contributed by atoms with E-state index in [2.05, 4.69) is 31.2 Å². The van der Waals surface area contributed by atoms with Crippen molar-refractivity contribution in [2.24, 2.45) is 5.92 Å². The average molecular weight is 240 g/mol. The number of rotatable bonds is 8. The molecule has 0 bridgehead atoms. The van der Waals surface area contributed by atoms with Crippen LogP contribution in [0.15, 0.2) is 11.7 Å². The summed E-state index contributed by atoms with van der Waals surface area (Å²) < 4.78 is 0. The summed E-state index contributed by atoms with van der Waals surface area (Å²) in [6.45, 7) is 4.57. The molecule has 0 saturated carbocycles. The Kier molecular flexibility index (Phi) is 6.65. The molecule has 2 atom stereocenters. The Balaban J connectivity index is 2.47. The van der Waals surface area contributed by atoms with Crippen LogP contribution >= 0.6 is 11.3 Å². The molecule has 0 spiro atoms. The van der Waals surface area contributed by atoms with Gasteiger partial charge < -0.3 is 5.32 Å². The maximum atomic E-state index is 4.16. The van der Waals surface area contributed by atoms with E-state index in [1.54, 1.807) is 11.3 Å². The predicted molar refractivity (Wildman–Crippen MR) is 71.8 cm³/mol. The van der Waals surface area contributed by atoms with Crippen LogP contribution in [-0.4, -0.2) is 12.0 Å². The van der Waals surface area contributed by atoms with Crippen molar-refractivity contribution < 1.29 is 0 Å². The number of hydrogen-bond acceptors (Lipinski definition) is 3. The first-order chi connectivity index (χ1) is 7.81. The summed E-state index contributed by atoms with van der Waals surface area (Å²) in [6, 6.07) is 0.495.